The van der Waals surface area contributed by atoms with Gasteiger partial charge in [-0.3, -0.25) is 0 Å². The minimum absolute atomic E-state index is 0.0693. The number of halogens is 1. The predicted molar refractivity (Wildman–Crippen MR) is 45.5 cm³/mol. The summed E-state index contributed by atoms with van der Waals surface area (Å²) in [4.78, 5) is 0. The molecule has 0 unspecified atom stereocenters. The first-order chi connectivity index (χ1) is 6.29. The highest BCUT2D eigenvalue weighted by Gasteiger charge is 2.08. The Morgan fingerprint density at radius 3 is 2.69 bits per heavy atom. The fourth-order valence-corrected chi connectivity index (χ4v) is 0.923. The molecule has 0 aromatic heterocycles. The van der Waals surface area contributed by atoms with Crippen molar-refractivity contribution in [2.45, 2.75) is 0 Å². The molecule has 0 aliphatic heterocycles. The predicted octanol–water partition coefficient (Wildman–Crippen LogP) is 1.82. The average molecular weight is 186 g/mol. The second-order valence-electron chi connectivity index (χ2n) is 2.32. The van der Waals surface area contributed by atoms with Crippen molar-refractivity contribution in [1.29, 1.82) is 0 Å². The normalized spacial score (nSPS) is 9.77. The molecular formula is C9H11FO3. The lowest BCUT2D eigenvalue weighted by atomic mass is 10.3. The Bertz CT molecular complexity index is 276. The van der Waals surface area contributed by atoms with Crippen LogP contribution in [0.4, 0.5) is 4.39 Å². The number of ether oxygens (including phenoxy) is 3. The van der Waals surface area contributed by atoms with E-state index in [2.05, 4.69) is 4.74 Å². The monoisotopic (exact) mass is 186 g/mol. The first-order valence-corrected chi connectivity index (χ1v) is 3.74. The summed E-state index contributed by atoms with van der Waals surface area (Å²) in [6.07, 6.45) is 0. The molecule has 0 spiro atoms. The molecule has 0 heterocycles. The van der Waals surface area contributed by atoms with Gasteiger partial charge in [-0.1, -0.05) is 6.07 Å². The van der Waals surface area contributed by atoms with Gasteiger partial charge >= 0.3 is 0 Å². The maximum absolute atomic E-state index is 13.0. The molecule has 0 saturated heterocycles. The first kappa shape index (κ1) is 9.80. The van der Waals surface area contributed by atoms with E-state index in [0.29, 0.717) is 5.75 Å². The third-order valence-electron chi connectivity index (χ3n) is 1.47. The molecule has 0 saturated carbocycles. The van der Waals surface area contributed by atoms with Gasteiger partial charge in [0, 0.05) is 7.11 Å². The van der Waals surface area contributed by atoms with E-state index < -0.39 is 5.82 Å². The molecule has 1 aromatic carbocycles. The van der Waals surface area contributed by atoms with Gasteiger partial charge in [0.05, 0.1) is 7.11 Å². The molecule has 0 bridgehead atoms. The van der Waals surface area contributed by atoms with Gasteiger partial charge in [0.2, 0.25) is 0 Å². The van der Waals surface area contributed by atoms with Gasteiger partial charge in [-0.15, -0.1) is 0 Å². The summed E-state index contributed by atoms with van der Waals surface area (Å²) in [5.41, 5.74) is 0. The zero-order valence-corrected chi connectivity index (χ0v) is 7.54. The van der Waals surface area contributed by atoms with Crippen LogP contribution in [-0.4, -0.2) is 21.0 Å². The molecule has 0 atom stereocenters. The fraction of sp³-hybridized carbons (Fsp3) is 0.333. The van der Waals surface area contributed by atoms with Crippen LogP contribution in [0.25, 0.3) is 0 Å². The first-order valence-electron chi connectivity index (χ1n) is 3.74. The summed E-state index contributed by atoms with van der Waals surface area (Å²) in [7, 11) is 2.88. The molecule has 13 heavy (non-hydrogen) atoms. The van der Waals surface area contributed by atoms with E-state index in [1.165, 1.54) is 20.3 Å². The summed E-state index contributed by atoms with van der Waals surface area (Å²) in [5, 5.41) is 0. The van der Waals surface area contributed by atoms with Crippen LogP contribution in [0.5, 0.6) is 11.5 Å². The Hall–Kier alpha value is -1.29. The molecule has 4 heteroatoms. The molecule has 1 rings (SSSR count). The van der Waals surface area contributed by atoms with Crippen molar-refractivity contribution in [3.63, 3.8) is 0 Å². The van der Waals surface area contributed by atoms with Gasteiger partial charge in [0.15, 0.2) is 24.1 Å². The van der Waals surface area contributed by atoms with E-state index >= 15 is 0 Å². The lowest BCUT2D eigenvalue weighted by Crippen LogP contribution is -2.01. The van der Waals surface area contributed by atoms with Crippen molar-refractivity contribution in [1.82, 2.24) is 0 Å². The van der Waals surface area contributed by atoms with Gasteiger partial charge in [-0.25, -0.2) is 4.39 Å². The smallest absolute Gasteiger partial charge is 0.196 e. The standard InChI is InChI=1S/C9H11FO3/c1-11-6-13-8-5-3-4-7(10)9(8)12-2/h3-5H,6H2,1-2H3. The SMILES string of the molecule is COCOc1cccc(F)c1OC. The Morgan fingerprint density at radius 1 is 1.31 bits per heavy atom. The highest BCUT2D eigenvalue weighted by molar-refractivity contribution is 5.40. The minimum Gasteiger partial charge on any atom is -0.490 e. The van der Waals surface area contributed by atoms with Crippen LogP contribution < -0.4 is 9.47 Å². The molecule has 3 nitrogen and oxygen atoms in total. The van der Waals surface area contributed by atoms with Crippen LogP contribution in [0, 0.1) is 5.82 Å². The van der Waals surface area contributed by atoms with Crippen molar-refractivity contribution in [3.05, 3.63) is 24.0 Å². The quantitative estimate of drug-likeness (QED) is 0.671. The summed E-state index contributed by atoms with van der Waals surface area (Å²) in [6.45, 7) is 0.0693. The molecule has 0 N–H and O–H groups in total. The van der Waals surface area contributed by atoms with Gasteiger partial charge in [0.1, 0.15) is 0 Å². The third kappa shape index (κ3) is 2.32. The molecule has 0 fully saturated rings. The topological polar surface area (TPSA) is 27.7 Å². The van der Waals surface area contributed by atoms with Crippen LogP contribution in [0.15, 0.2) is 18.2 Å². The van der Waals surface area contributed by atoms with Gasteiger partial charge in [-0.05, 0) is 12.1 Å². The van der Waals surface area contributed by atoms with Gasteiger partial charge < -0.3 is 14.2 Å². The van der Waals surface area contributed by atoms with Crippen molar-refractivity contribution in [2.24, 2.45) is 0 Å². The zero-order chi connectivity index (χ0) is 9.68. The van der Waals surface area contributed by atoms with E-state index in [9.17, 15) is 4.39 Å². The van der Waals surface area contributed by atoms with Crippen molar-refractivity contribution in [3.8, 4) is 11.5 Å². The largest absolute Gasteiger partial charge is 0.490 e. The summed E-state index contributed by atoms with van der Waals surface area (Å²) >= 11 is 0. The maximum Gasteiger partial charge on any atom is 0.196 e. The fourth-order valence-electron chi connectivity index (χ4n) is 0.923. The van der Waals surface area contributed by atoms with Crippen LogP contribution in [-0.2, 0) is 4.74 Å². The molecule has 72 valence electrons. The van der Waals surface area contributed by atoms with Crippen LogP contribution >= 0.6 is 0 Å². The zero-order valence-electron chi connectivity index (χ0n) is 7.54. The Balaban J connectivity index is 2.85. The number of methoxy groups -OCH3 is 2. The highest BCUT2D eigenvalue weighted by atomic mass is 19.1. The summed E-state index contributed by atoms with van der Waals surface area (Å²) < 4.78 is 27.6. The molecule has 1 aromatic rings. The Labute approximate surface area is 76.0 Å². The van der Waals surface area contributed by atoms with E-state index in [4.69, 9.17) is 9.47 Å². The lowest BCUT2D eigenvalue weighted by molar-refractivity contribution is 0.0487. The number of hydrogen-bond donors (Lipinski definition) is 0. The van der Waals surface area contributed by atoms with E-state index in [1.807, 2.05) is 0 Å². The van der Waals surface area contributed by atoms with E-state index in [1.54, 1.807) is 12.1 Å². The van der Waals surface area contributed by atoms with Crippen molar-refractivity contribution >= 4 is 0 Å². The number of benzene rings is 1. The summed E-state index contributed by atoms with van der Waals surface area (Å²) in [6, 6.07) is 4.46. The minimum atomic E-state index is -0.448. The second-order valence-corrected chi connectivity index (χ2v) is 2.32. The Kier molecular flexibility index (Phi) is 3.52. The number of para-hydroxylation sites is 1. The van der Waals surface area contributed by atoms with Crippen LogP contribution in [0.1, 0.15) is 0 Å². The molecule has 0 aliphatic carbocycles. The highest BCUT2D eigenvalue weighted by Crippen LogP contribution is 2.29. The van der Waals surface area contributed by atoms with Gasteiger partial charge in [-0.2, -0.15) is 0 Å². The number of rotatable bonds is 4. The third-order valence-corrected chi connectivity index (χ3v) is 1.47. The van der Waals surface area contributed by atoms with Crippen LogP contribution in [0.2, 0.25) is 0 Å². The van der Waals surface area contributed by atoms with E-state index in [-0.39, 0.29) is 12.5 Å². The second kappa shape index (κ2) is 4.67. The molecule has 0 amide bonds. The Morgan fingerprint density at radius 2 is 2.08 bits per heavy atom. The number of hydrogen-bond acceptors (Lipinski definition) is 3. The molecular weight excluding hydrogens is 175 g/mol. The maximum atomic E-state index is 13.0. The van der Waals surface area contributed by atoms with E-state index in [0.717, 1.165) is 0 Å². The van der Waals surface area contributed by atoms with Gasteiger partial charge in [0.25, 0.3) is 0 Å². The van der Waals surface area contributed by atoms with Crippen molar-refractivity contribution < 1.29 is 18.6 Å². The molecule has 0 radical (unpaired) electrons. The van der Waals surface area contributed by atoms with Crippen molar-refractivity contribution in [2.75, 3.05) is 21.0 Å². The lowest BCUT2D eigenvalue weighted by Gasteiger charge is -2.09. The molecule has 0 aliphatic rings. The van der Waals surface area contributed by atoms with Crippen LogP contribution in [0.3, 0.4) is 0 Å². The average Bonchev–Trinajstić information content (AvgIpc) is 2.15. The summed E-state index contributed by atoms with van der Waals surface area (Å²) in [5.74, 6) is -0.0139.